The molecule has 0 saturated heterocycles. The molecule has 1 aromatic rings. The van der Waals surface area contributed by atoms with E-state index < -0.39 is 17.9 Å². The van der Waals surface area contributed by atoms with Crippen LogP contribution in [0.5, 0.6) is 0 Å². The van der Waals surface area contributed by atoms with E-state index in [2.05, 4.69) is 10.3 Å². The molecule has 0 saturated carbocycles. The first kappa shape index (κ1) is 12.1. The van der Waals surface area contributed by atoms with Crippen molar-refractivity contribution in [3.63, 3.8) is 0 Å². The average Bonchev–Trinajstić information content (AvgIpc) is 2.27. The molecule has 1 heterocycles. The minimum absolute atomic E-state index is 0.117. The predicted molar refractivity (Wildman–Crippen MR) is 57.7 cm³/mol. The van der Waals surface area contributed by atoms with Crippen molar-refractivity contribution in [1.29, 1.82) is 0 Å². The monoisotopic (exact) mass is 223 g/mol. The lowest BCUT2D eigenvalue weighted by atomic mass is 10.1. The van der Waals surface area contributed by atoms with E-state index in [1.54, 1.807) is 24.5 Å². The Balaban J connectivity index is 2.43. The van der Waals surface area contributed by atoms with E-state index in [1.807, 2.05) is 0 Å². The molecule has 0 fully saturated rings. The second-order valence-corrected chi connectivity index (χ2v) is 3.26. The summed E-state index contributed by atoms with van der Waals surface area (Å²) in [6.07, 6.45) is 3.08. The second-order valence-electron chi connectivity index (χ2n) is 3.26. The Labute approximate surface area is 92.5 Å². The number of anilines is 1. The molecule has 0 spiro atoms. The number of pyridine rings is 1. The van der Waals surface area contributed by atoms with Crippen LogP contribution in [0.25, 0.3) is 0 Å². The number of nitrogens with two attached hydrogens (primary N) is 1. The largest absolute Gasteiger partial charge is 0.481 e. The van der Waals surface area contributed by atoms with Crippen LogP contribution in [0.1, 0.15) is 12.8 Å². The maximum absolute atomic E-state index is 11.5. The summed E-state index contributed by atoms with van der Waals surface area (Å²) in [4.78, 5) is 25.6. The van der Waals surface area contributed by atoms with E-state index in [4.69, 9.17) is 10.8 Å². The van der Waals surface area contributed by atoms with E-state index in [0.717, 1.165) is 0 Å². The van der Waals surface area contributed by atoms with Crippen molar-refractivity contribution in [2.24, 2.45) is 5.73 Å². The molecule has 1 rings (SSSR count). The highest BCUT2D eigenvalue weighted by Crippen LogP contribution is 2.05. The smallest absolute Gasteiger partial charge is 0.303 e. The van der Waals surface area contributed by atoms with Crippen LogP contribution in [-0.4, -0.2) is 28.0 Å². The Kier molecular flexibility index (Phi) is 4.41. The predicted octanol–water partition coefficient (Wildman–Crippen LogP) is 0.212. The van der Waals surface area contributed by atoms with Gasteiger partial charge in [-0.3, -0.25) is 14.6 Å². The first-order chi connectivity index (χ1) is 7.59. The van der Waals surface area contributed by atoms with Gasteiger partial charge in [-0.2, -0.15) is 0 Å². The lowest BCUT2D eigenvalue weighted by molar-refractivity contribution is -0.137. The van der Waals surface area contributed by atoms with Gasteiger partial charge in [0.25, 0.3) is 0 Å². The molecular weight excluding hydrogens is 210 g/mol. The highest BCUT2D eigenvalue weighted by molar-refractivity contribution is 5.94. The molecule has 0 bridgehead atoms. The molecule has 0 radical (unpaired) electrons. The molecule has 1 atom stereocenters. The van der Waals surface area contributed by atoms with Crippen molar-refractivity contribution in [3.8, 4) is 0 Å². The zero-order valence-corrected chi connectivity index (χ0v) is 8.59. The molecule has 6 nitrogen and oxygen atoms in total. The van der Waals surface area contributed by atoms with Gasteiger partial charge >= 0.3 is 5.97 Å². The molecule has 16 heavy (non-hydrogen) atoms. The minimum Gasteiger partial charge on any atom is -0.481 e. The summed E-state index contributed by atoms with van der Waals surface area (Å²) in [5, 5.41) is 11.0. The quantitative estimate of drug-likeness (QED) is 0.661. The molecule has 1 aromatic heterocycles. The van der Waals surface area contributed by atoms with E-state index in [-0.39, 0.29) is 12.8 Å². The molecule has 4 N–H and O–H groups in total. The van der Waals surface area contributed by atoms with Gasteiger partial charge in [-0.15, -0.1) is 0 Å². The SMILES string of the molecule is N[C@@H](CCC(=O)O)C(=O)Nc1ccncc1. The van der Waals surface area contributed by atoms with Crippen LogP contribution in [0, 0.1) is 0 Å². The third kappa shape index (κ3) is 4.05. The van der Waals surface area contributed by atoms with Crippen LogP contribution in [0.15, 0.2) is 24.5 Å². The van der Waals surface area contributed by atoms with Crippen LogP contribution >= 0.6 is 0 Å². The van der Waals surface area contributed by atoms with Crippen molar-refractivity contribution in [3.05, 3.63) is 24.5 Å². The summed E-state index contributed by atoms with van der Waals surface area (Å²) in [7, 11) is 0. The highest BCUT2D eigenvalue weighted by atomic mass is 16.4. The third-order valence-corrected chi connectivity index (χ3v) is 1.95. The number of aromatic nitrogens is 1. The van der Waals surface area contributed by atoms with Gasteiger partial charge in [-0.1, -0.05) is 0 Å². The molecule has 6 heteroatoms. The molecule has 86 valence electrons. The molecule has 0 aliphatic rings. The number of carboxylic acid groups (broad SMARTS) is 1. The molecule has 0 aromatic carbocycles. The van der Waals surface area contributed by atoms with E-state index in [1.165, 1.54) is 0 Å². The fraction of sp³-hybridized carbons (Fsp3) is 0.300. The van der Waals surface area contributed by atoms with Crippen molar-refractivity contribution >= 4 is 17.6 Å². The van der Waals surface area contributed by atoms with Crippen molar-refractivity contribution in [1.82, 2.24) is 4.98 Å². The van der Waals surface area contributed by atoms with Gasteiger partial charge in [0, 0.05) is 24.5 Å². The average molecular weight is 223 g/mol. The number of rotatable bonds is 5. The molecule has 1 amide bonds. The number of aliphatic carboxylic acids is 1. The zero-order chi connectivity index (χ0) is 12.0. The number of carbonyl (C=O) groups is 2. The molecule has 0 aliphatic carbocycles. The Morgan fingerprint density at radius 1 is 1.44 bits per heavy atom. The number of hydrogen-bond acceptors (Lipinski definition) is 4. The van der Waals surface area contributed by atoms with Crippen LogP contribution in [0.3, 0.4) is 0 Å². The summed E-state index contributed by atoms with van der Waals surface area (Å²) in [6, 6.07) is 2.44. The molecular formula is C10H13N3O3. The number of hydrogen-bond donors (Lipinski definition) is 3. The molecule has 0 aliphatic heterocycles. The summed E-state index contributed by atoms with van der Waals surface area (Å²) < 4.78 is 0. The summed E-state index contributed by atoms with van der Waals surface area (Å²) in [6.45, 7) is 0. The zero-order valence-electron chi connectivity index (χ0n) is 8.59. The number of amides is 1. The minimum atomic E-state index is -0.966. The Morgan fingerprint density at radius 3 is 2.62 bits per heavy atom. The lowest BCUT2D eigenvalue weighted by Crippen LogP contribution is -2.36. The maximum Gasteiger partial charge on any atom is 0.303 e. The Hall–Kier alpha value is -1.95. The summed E-state index contributed by atoms with van der Waals surface area (Å²) in [5.74, 6) is -1.36. The van der Waals surface area contributed by atoms with Crippen LogP contribution in [0.2, 0.25) is 0 Å². The fourth-order valence-electron chi connectivity index (χ4n) is 1.08. The number of nitrogens with one attached hydrogen (secondary N) is 1. The van der Waals surface area contributed by atoms with Gasteiger partial charge < -0.3 is 16.2 Å². The van der Waals surface area contributed by atoms with Crippen LogP contribution in [-0.2, 0) is 9.59 Å². The van der Waals surface area contributed by atoms with Gasteiger partial charge in [-0.25, -0.2) is 0 Å². The van der Waals surface area contributed by atoms with Crippen molar-refractivity contribution in [2.45, 2.75) is 18.9 Å². The lowest BCUT2D eigenvalue weighted by Gasteiger charge is -2.10. The van der Waals surface area contributed by atoms with Crippen molar-refractivity contribution in [2.75, 3.05) is 5.32 Å². The molecule has 0 unspecified atom stereocenters. The summed E-state index contributed by atoms with van der Waals surface area (Å²) in [5.41, 5.74) is 6.11. The normalized spacial score (nSPS) is 11.8. The fourth-order valence-corrected chi connectivity index (χ4v) is 1.08. The number of carbonyl (C=O) groups excluding carboxylic acids is 1. The van der Waals surface area contributed by atoms with Crippen molar-refractivity contribution < 1.29 is 14.7 Å². The van der Waals surface area contributed by atoms with Gasteiger partial charge in [0.1, 0.15) is 0 Å². The summed E-state index contributed by atoms with van der Waals surface area (Å²) >= 11 is 0. The van der Waals surface area contributed by atoms with Gasteiger partial charge in [0.2, 0.25) is 5.91 Å². The van der Waals surface area contributed by atoms with Gasteiger partial charge in [0.15, 0.2) is 0 Å². The maximum atomic E-state index is 11.5. The first-order valence-electron chi connectivity index (χ1n) is 4.78. The standard InChI is InChI=1S/C10H13N3O3/c11-8(1-2-9(14)15)10(16)13-7-3-5-12-6-4-7/h3-6,8H,1-2,11H2,(H,14,15)(H,12,13,16)/t8-/m0/s1. The van der Waals surface area contributed by atoms with Gasteiger partial charge in [-0.05, 0) is 18.6 Å². The van der Waals surface area contributed by atoms with Crippen LogP contribution < -0.4 is 11.1 Å². The number of nitrogens with zero attached hydrogens (tertiary/aromatic N) is 1. The van der Waals surface area contributed by atoms with E-state index >= 15 is 0 Å². The van der Waals surface area contributed by atoms with E-state index in [9.17, 15) is 9.59 Å². The third-order valence-electron chi connectivity index (χ3n) is 1.95. The first-order valence-corrected chi connectivity index (χ1v) is 4.78. The Morgan fingerprint density at radius 2 is 2.06 bits per heavy atom. The van der Waals surface area contributed by atoms with E-state index in [0.29, 0.717) is 5.69 Å². The second kappa shape index (κ2) is 5.82. The Bertz CT molecular complexity index is 367. The van der Waals surface area contributed by atoms with Gasteiger partial charge in [0.05, 0.1) is 6.04 Å². The van der Waals surface area contributed by atoms with Crippen LogP contribution in [0.4, 0.5) is 5.69 Å². The number of carboxylic acids is 1. The highest BCUT2D eigenvalue weighted by Gasteiger charge is 2.14. The topological polar surface area (TPSA) is 105 Å².